The van der Waals surface area contributed by atoms with Gasteiger partial charge in [0.1, 0.15) is 6.33 Å². The van der Waals surface area contributed by atoms with E-state index >= 15 is 0 Å². The van der Waals surface area contributed by atoms with E-state index in [1.165, 1.54) is 22.8 Å². The van der Waals surface area contributed by atoms with Crippen LogP contribution in [0.1, 0.15) is 35.7 Å². The van der Waals surface area contributed by atoms with E-state index in [1.807, 2.05) is 0 Å². The van der Waals surface area contributed by atoms with Crippen LogP contribution in [0.5, 0.6) is 0 Å². The van der Waals surface area contributed by atoms with E-state index in [0.29, 0.717) is 24.8 Å². The summed E-state index contributed by atoms with van der Waals surface area (Å²) >= 11 is 0. The molecule has 2 aromatic rings. The van der Waals surface area contributed by atoms with Crippen molar-refractivity contribution < 1.29 is 21.6 Å². The van der Waals surface area contributed by atoms with Crippen LogP contribution in [-0.4, -0.2) is 28.7 Å². The molecule has 1 aromatic carbocycles. The monoisotopic (exact) mass is 369 g/mol. The number of hydrogen-bond acceptors (Lipinski definition) is 4. The molecule has 3 heterocycles. The largest absolute Gasteiger partial charge is 0.417 e. The van der Waals surface area contributed by atoms with Crippen LogP contribution >= 0.6 is 0 Å². The van der Waals surface area contributed by atoms with Gasteiger partial charge in [-0.1, -0.05) is 12.1 Å². The second-order valence-electron chi connectivity index (χ2n) is 6.20. The number of benzene rings is 1. The van der Waals surface area contributed by atoms with Crippen molar-refractivity contribution in [2.75, 3.05) is 0 Å². The van der Waals surface area contributed by atoms with Crippen molar-refractivity contribution in [3.63, 3.8) is 0 Å². The molecule has 0 amide bonds. The van der Waals surface area contributed by atoms with Crippen LogP contribution in [0.25, 0.3) is 0 Å². The topological polar surface area (TPSA) is 63.2 Å². The van der Waals surface area contributed by atoms with Crippen LogP contribution in [0.3, 0.4) is 0 Å². The number of sulfonamides is 1. The van der Waals surface area contributed by atoms with Gasteiger partial charge in [-0.2, -0.15) is 17.5 Å². The third-order valence-electron chi connectivity index (χ3n) is 4.80. The zero-order valence-corrected chi connectivity index (χ0v) is 13.8. The van der Waals surface area contributed by atoms with Gasteiger partial charge in [-0.15, -0.1) is 0 Å². The van der Waals surface area contributed by atoms with Crippen LogP contribution in [0.2, 0.25) is 0 Å². The van der Waals surface area contributed by atoms with Gasteiger partial charge in [0.25, 0.3) is 0 Å². The quantitative estimate of drug-likeness (QED) is 0.817. The number of halogens is 3. The average Bonchev–Trinajstić information content (AvgIpc) is 2.91. The maximum atomic E-state index is 13.3. The van der Waals surface area contributed by atoms with Gasteiger partial charge >= 0.3 is 6.18 Å². The normalized spacial score (nSPS) is 23.5. The van der Waals surface area contributed by atoms with Crippen LogP contribution in [0.4, 0.5) is 13.2 Å². The second-order valence-corrected chi connectivity index (χ2v) is 8.02. The SMILES string of the molecule is O=S(=O)(c1ccccc1C(F)(F)F)N1C2CCC1c1cncnc1C2. The summed E-state index contributed by atoms with van der Waals surface area (Å²) in [5.41, 5.74) is 0.326. The summed E-state index contributed by atoms with van der Waals surface area (Å²) < 4.78 is 67.3. The third-order valence-corrected chi connectivity index (χ3v) is 6.82. The fourth-order valence-corrected chi connectivity index (χ4v) is 5.85. The van der Waals surface area contributed by atoms with E-state index < -0.39 is 32.7 Å². The molecule has 5 nitrogen and oxygen atoms in total. The van der Waals surface area contributed by atoms with E-state index in [9.17, 15) is 21.6 Å². The number of nitrogens with zero attached hydrogens (tertiary/aromatic N) is 3. The van der Waals surface area contributed by atoms with E-state index in [0.717, 1.165) is 17.8 Å². The number of fused-ring (bicyclic) bond motifs is 4. The summed E-state index contributed by atoms with van der Waals surface area (Å²) in [7, 11) is -4.30. The van der Waals surface area contributed by atoms with Crippen molar-refractivity contribution in [1.82, 2.24) is 14.3 Å². The minimum absolute atomic E-state index is 0.376. The first-order chi connectivity index (χ1) is 11.8. The van der Waals surface area contributed by atoms with Crippen LogP contribution in [0, 0.1) is 0 Å². The Morgan fingerprint density at radius 1 is 1.16 bits per heavy atom. The third kappa shape index (κ3) is 2.53. The second kappa shape index (κ2) is 5.50. The van der Waals surface area contributed by atoms with E-state index in [4.69, 9.17) is 0 Å². The number of aromatic nitrogens is 2. The van der Waals surface area contributed by atoms with Gasteiger partial charge in [0.2, 0.25) is 10.0 Å². The molecule has 132 valence electrons. The van der Waals surface area contributed by atoms with Crippen LogP contribution < -0.4 is 0 Å². The molecular weight excluding hydrogens is 355 g/mol. The van der Waals surface area contributed by atoms with Gasteiger partial charge in [0.15, 0.2) is 0 Å². The zero-order chi connectivity index (χ0) is 17.8. The lowest BCUT2D eigenvalue weighted by Gasteiger charge is -2.34. The minimum atomic E-state index is -4.74. The van der Waals surface area contributed by atoms with E-state index in [2.05, 4.69) is 9.97 Å². The Morgan fingerprint density at radius 2 is 1.92 bits per heavy atom. The lowest BCUT2D eigenvalue weighted by Crippen LogP contribution is -2.42. The molecule has 2 aliphatic heterocycles. The highest BCUT2D eigenvalue weighted by Crippen LogP contribution is 2.47. The molecule has 2 unspecified atom stereocenters. The smallest absolute Gasteiger partial charge is 0.244 e. The van der Waals surface area contributed by atoms with Gasteiger partial charge in [-0.05, 0) is 25.0 Å². The summed E-state index contributed by atoms with van der Waals surface area (Å²) in [5, 5.41) is 0. The molecule has 0 radical (unpaired) electrons. The van der Waals surface area contributed by atoms with Gasteiger partial charge in [0, 0.05) is 24.2 Å². The minimum Gasteiger partial charge on any atom is -0.244 e. The van der Waals surface area contributed by atoms with Gasteiger partial charge in [-0.3, -0.25) is 0 Å². The molecule has 9 heteroatoms. The summed E-state index contributed by atoms with van der Waals surface area (Å²) in [6.07, 6.45) is -0.234. The highest BCUT2D eigenvalue weighted by molar-refractivity contribution is 7.89. The van der Waals surface area contributed by atoms with Crippen molar-refractivity contribution in [3.8, 4) is 0 Å². The molecule has 0 aliphatic carbocycles. The molecule has 2 atom stereocenters. The molecule has 4 rings (SSSR count). The van der Waals surface area contributed by atoms with Crippen molar-refractivity contribution in [1.29, 1.82) is 0 Å². The maximum Gasteiger partial charge on any atom is 0.417 e. The molecule has 1 saturated heterocycles. The molecule has 0 N–H and O–H groups in total. The Morgan fingerprint density at radius 3 is 2.68 bits per heavy atom. The number of alkyl halides is 3. The fraction of sp³-hybridized carbons (Fsp3) is 0.375. The highest BCUT2D eigenvalue weighted by Gasteiger charge is 2.49. The first-order valence-electron chi connectivity index (χ1n) is 7.78. The Hall–Kier alpha value is -2.00. The molecule has 0 saturated carbocycles. The van der Waals surface area contributed by atoms with Crippen LogP contribution in [-0.2, 0) is 22.6 Å². The molecule has 2 bridgehead atoms. The zero-order valence-electron chi connectivity index (χ0n) is 12.9. The fourth-order valence-electron chi connectivity index (χ4n) is 3.78. The van der Waals surface area contributed by atoms with Gasteiger partial charge < -0.3 is 0 Å². The summed E-state index contributed by atoms with van der Waals surface area (Å²) in [5.74, 6) is 0. The molecule has 25 heavy (non-hydrogen) atoms. The van der Waals surface area contributed by atoms with Crippen LogP contribution in [0.15, 0.2) is 41.7 Å². The van der Waals surface area contributed by atoms with E-state index in [1.54, 1.807) is 6.20 Å². The lowest BCUT2D eigenvalue weighted by atomic mass is 10.0. The molecule has 1 aromatic heterocycles. The summed E-state index contributed by atoms with van der Waals surface area (Å²) in [6.45, 7) is 0. The lowest BCUT2D eigenvalue weighted by molar-refractivity contribution is -0.139. The Kier molecular flexibility index (Phi) is 3.62. The summed E-state index contributed by atoms with van der Waals surface area (Å²) in [6, 6.07) is 3.44. The highest BCUT2D eigenvalue weighted by atomic mass is 32.2. The average molecular weight is 369 g/mol. The van der Waals surface area contributed by atoms with Crippen molar-refractivity contribution in [3.05, 3.63) is 53.6 Å². The first-order valence-corrected chi connectivity index (χ1v) is 9.22. The van der Waals surface area contributed by atoms with Gasteiger partial charge in [0.05, 0.1) is 22.2 Å². The van der Waals surface area contributed by atoms with Crippen molar-refractivity contribution >= 4 is 10.0 Å². The predicted octanol–water partition coefficient (Wildman–Crippen LogP) is 2.95. The van der Waals surface area contributed by atoms with E-state index in [-0.39, 0.29) is 6.04 Å². The summed E-state index contributed by atoms with van der Waals surface area (Å²) in [4.78, 5) is 7.45. The van der Waals surface area contributed by atoms with Crippen molar-refractivity contribution in [2.45, 2.75) is 42.4 Å². The van der Waals surface area contributed by atoms with Gasteiger partial charge in [-0.25, -0.2) is 18.4 Å². The Bertz CT molecular complexity index is 930. The maximum absolute atomic E-state index is 13.3. The standard InChI is InChI=1S/C16H14F3N3O2S/c17-16(18,19)12-3-1-2-4-15(12)25(23,24)22-10-5-6-14(22)11-8-20-9-21-13(11)7-10/h1-4,8-10,14H,5-7H2. The number of hydrogen-bond donors (Lipinski definition) is 0. The first kappa shape index (κ1) is 16.5. The molecule has 2 aliphatic rings. The Balaban J connectivity index is 1.84. The predicted molar refractivity (Wildman–Crippen MR) is 82.0 cm³/mol. The molecular formula is C16H14F3N3O2S. The number of rotatable bonds is 2. The molecule has 0 spiro atoms. The van der Waals surface area contributed by atoms with Crippen molar-refractivity contribution in [2.24, 2.45) is 0 Å². The molecule has 1 fully saturated rings. The Labute approximate surface area is 142 Å².